The fourth-order valence-electron chi connectivity index (χ4n) is 1.25. The van der Waals surface area contributed by atoms with Gasteiger partial charge in [-0.05, 0) is 6.92 Å². The van der Waals surface area contributed by atoms with Crippen LogP contribution in [0.1, 0.15) is 5.01 Å². The third-order valence-electron chi connectivity index (χ3n) is 2.09. The highest BCUT2D eigenvalue weighted by Gasteiger charge is 2.25. The van der Waals surface area contributed by atoms with E-state index in [0.717, 1.165) is 11.3 Å². The van der Waals surface area contributed by atoms with Gasteiger partial charge in [-0.3, -0.25) is 0 Å². The van der Waals surface area contributed by atoms with Crippen LogP contribution in [0.5, 0.6) is 0 Å². The lowest BCUT2D eigenvalue weighted by molar-refractivity contribution is 0.169. The Bertz CT molecular complexity index is 444. The molecule has 0 amide bonds. The minimum absolute atomic E-state index is 0.0582. The van der Waals surface area contributed by atoms with Crippen molar-refractivity contribution >= 4 is 21.4 Å². The Morgan fingerprint density at radius 3 is 2.71 bits per heavy atom. The number of ether oxygens (including phenoxy) is 1. The zero-order valence-electron chi connectivity index (χ0n) is 9.79. The van der Waals surface area contributed by atoms with Crippen LogP contribution < -0.4 is 0 Å². The predicted molar refractivity (Wildman–Crippen MR) is 64.6 cm³/mol. The maximum Gasteiger partial charge on any atom is 0.254 e. The molecule has 1 aromatic rings. The normalized spacial score (nSPS) is 12.2. The number of hydrogen-bond acceptors (Lipinski definition) is 6. The van der Waals surface area contributed by atoms with Crippen LogP contribution in [0, 0.1) is 6.92 Å². The Kier molecular flexibility index (Phi) is 5.47. The Labute approximate surface area is 105 Å². The first kappa shape index (κ1) is 14.5. The van der Waals surface area contributed by atoms with Gasteiger partial charge in [0.05, 0.1) is 24.4 Å². The van der Waals surface area contributed by atoms with Crippen LogP contribution in [0.4, 0.5) is 0 Å². The average Bonchev–Trinajstić information content (AvgIpc) is 2.71. The molecule has 0 spiro atoms. The van der Waals surface area contributed by atoms with Crippen LogP contribution in [0.15, 0.2) is 10.4 Å². The quantitative estimate of drug-likeness (QED) is 0.765. The first-order chi connectivity index (χ1) is 8.02. The summed E-state index contributed by atoms with van der Waals surface area (Å²) in [6, 6.07) is 0. The molecule has 1 rings (SSSR count). The second kappa shape index (κ2) is 6.41. The lowest BCUT2D eigenvalue weighted by Crippen LogP contribution is -2.35. The Hall–Kier alpha value is -0.540. The number of sulfonamides is 1. The molecular formula is C9H16N2O4S2. The van der Waals surface area contributed by atoms with Crippen LogP contribution in [0.2, 0.25) is 0 Å². The number of aliphatic hydroxyl groups is 1. The van der Waals surface area contributed by atoms with Gasteiger partial charge in [-0.25, -0.2) is 13.4 Å². The van der Waals surface area contributed by atoms with Gasteiger partial charge in [0, 0.05) is 20.2 Å². The van der Waals surface area contributed by atoms with E-state index in [1.807, 2.05) is 0 Å². The molecule has 0 saturated carbocycles. The number of aliphatic hydroxyl groups excluding tert-OH is 1. The molecule has 6 nitrogen and oxygen atoms in total. The maximum atomic E-state index is 12.2. The molecule has 0 unspecified atom stereocenters. The Morgan fingerprint density at radius 2 is 2.24 bits per heavy atom. The molecular weight excluding hydrogens is 264 g/mol. The van der Waals surface area contributed by atoms with E-state index in [9.17, 15) is 8.42 Å². The molecule has 1 N–H and O–H groups in total. The van der Waals surface area contributed by atoms with Crippen molar-refractivity contribution in [3.63, 3.8) is 0 Å². The summed E-state index contributed by atoms with van der Waals surface area (Å²) in [4.78, 5) is 3.92. The summed E-state index contributed by atoms with van der Waals surface area (Å²) in [5.41, 5.74) is 0. The minimum atomic E-state index is -3.57. The van der Waals surface area contributed by atoms with Gasteiger partial charge >= 0.3 is 0 Å². The zero-order valence-corrected chi connectivity index (χ0v) is 11.4. The van der Waals surface area contributed by atoms with Crippen LogP contribution in [-0.4, -0.2) is 56.2 Å². The molecule has 0 aliphatic carbocycles. The highest BCUT2D eigenvalue weighted by atomic mass is 32.2. The third-order valence-corrected chi connectivity index (χ3v) is 5.34. The van der Waals surface area contributed by atoms with Gasteiger partial charge in [0.25, 0.3) is 10.0 Å². The fraction of sp³-hybridized carbons (Fsp3) is 0.667. The topological polar surface area (TPSA) is 79.7 Å². The lowest BCUT2D eigenvalue weighted by Gasteiger charge is -2.19. The number of aromatic nitrogens is 1. The van der Waals surface area contributed by atoms with E-state index in [1.54, 1.807) is 6.92 Å². The van der Waals surface area contributed by atoms with Crippen molar-refractivity contribution < 1.29 is 18.3 Å². The molecule has 0 radical (unpaired) electrons. The summed E-state index contributed by atoms with van der Waals surface area (Å²) < 4.78 is 30.6. The second-order valence-electron chi connectivity index (χ2n) is 3.32. The molecule has 0 fully saturated rings. The van der Waals surface area contributed by atoms with E-state index in [-0.39, 0.29) is 30.5 Å². The van der Waals surface area contributed by atoms with Crippen molar-refractivity contribution in [3.8, 4) is 0 Å². The van der Waals surface area contributed by atoms with Crippen molar-refractivity contribution in [3.05, 3.63) is 11.2 Å². The monoisotopic (exact) mass is 280 g/mol. The first-order valence-corrected chi connectivity index (χ1v) is 7.30. The van der Waals surface area contributed by atoms with E-state index in [1.165, 1.54) is 17.6 Å². The highest BCUT2D eigenvalue weighted by molar-refractivity contribution is 7.91. The number of rotatable bonds is 7. The number of thiazole rings is 1. The number of aryl methyl sites for hydroxylation is 1. The van der Waals surface area contributed by atoms with Gasteiger partial charge in [0.1, 0.15) is 0 Å². The van der Waals surface area contributed by atoms with Gasteiger partial charge in [0.2, 0.25) is 0 Å². The maximum absolute atomic E-state index is 12.2. The molecule has 0 bridgehead atoms. The molecule has 0 atom stereocenters. The molecule has 1 aromatic heterocycles. The standard InChI is InChI=1S/C9H16N2O4S2/c1-8-10-7-9(16-8)17(13,14)11(3-5-12)4-6-15-2/h7,12H,3-6H2,1-2H3. The summed E-state index contributed by atoms with van der Waals surface area (Å²) in [7, 11) is -2.06. The smallest absolute Gasteiger partial charge is 0.254 e. The van der Waals surface area contributed by atoms with Gasteiger partial charge in [-0.1, -0.05) is 0 Å². The molecule has 1 heterocycles. The van der Waals surface area contributed by atoms with Crippen molar-refractivity contribution in [2.45, 2.75) is 11.1 Å². The largest absolute Gasteiger partial charge is 0.395 e. The van der Waals surface area contributed by atoms with Gasteiger partial charge < -0.3 is 9.84 Å². The van der Waals surface area contributed by atoms with Gasteiger partial charge in [-0.2, -0.15) is 4.31 Å². The summed E-state index contributed by atoms with van der Waals surface area (Å²) in [5, 5.41) is 9.59. The van der Waals surface area contributed by atoms with Crippen molar-refractivity contribution in [2.75, 3.05) is 33.4 Å². The molecule has 17 heavy (non-hydrogen) atoms. The Balaban J connectivity index is 2.91. The summed E-state index contributed by atoms with van der Waals surface area (Å²) >= 11 is 1.12. The molecule has 98 valence electrons. The van der Waals surface area contributed by atoms with Crippen molar-refractivity contribution in [1.82, 2.24) is 9.29 Å². The number of nitrogens with zero attached hydrogens (tertiary/aromatic N) is 2. The Morgan fingerprint density at radius 1 is 1.53 bits per heavy atom. The summed E-state index contributed by atoms with van der Waals surface area (Å²) in [6.07, 6.45) is 1.34. The van der Waals surface area contributed by atoms with E-state index in [0.29, 0.717) is 5.01 Å². The van der Waals surface area contributed by atoms with Gasteiger partial charge in [-0.15, -0.1) is 11.3 Å². The molecule has 0 saturated heterocycles. The summed E-state index contributed by atoms with van der Waals surface area (Å²) in [5.74, 6) is 0. The molecule has 0 aromatic carbocycles. The summed E-state index contributed by atoms with van der Waals surface area (Å²) in [6.45, 7) is 2.09. The minimum Gasteiger partial charge on any atom is -0.395 e. The van der Waals surface area contributed by atoms with Gasteiger partial charge in [0.15, 0.2) is 4.21 Å². The zero-order chi connectivity index (χ0) is 12.9. The molecule has 0 aliphatic rings. The van der Waals surface area contributed by atoms with E-state index in [4.69, 9.17) is 9.84 Å². The van der Waals surface area contributed by atoms with E-state index in [2.05, 4.69) is 4.98 Å². The molecule has 0 aliphatic heterocycles. The highest BCUT2D eigenvalue weighted by Crippen LogP contribution is 2.21. The van der Waals surface area contributed by atoms with Crippen LogP contribution >= 0.6 is 11.3 Å². The lowest BCUT2D eigenvalue weighted by atomic mass is 10.6. The van der Waals surface area contributed by atoms with Crippen LogP contribution in [-0.2, 0) is 14.8 Å². The van der Waals surface area contributed by atoms with Crippen molar-refractivity contribution in [2.24, 2.45) is 0 Å². The SMILES string of the molecule is COCCN(CCO)S(=O)(=O)c1cnc(C)s1. The number of hydrogen-bond donors (Lipinski definition) is 1. The number of methoxy groups -OCH3 is 1. The third kappa shape index (κ3) is 3.71. The second-order valence-corrected chi connectivity index (χ2v) is 6.72. The van der Waals surface area contributed by atoms with E-state index < -0.39 is 10.0 Å². The predicted octanol–water partition coefficient (Wildman–Crippen LogP) is 0.0809. The van der Waals surface area contributed by atoms with Crippen LogP contribution in [0.3, 0.4) is 0 Å². The molecule has 8 heteroatoms. The van der Waals surface area contributed by atoms with Crippen LogP contribution in [0.25, 0.3) is 0 Å². The van der Waals surface area contributed by atoms with Crippen molar-refractivity contribution in [1.29, 1.82) is 0 Å². The first-order valence-electron chi connectivity index (χ1n) is 5.04. The average molecular weight is 280 g/mol. The fourth-order valence-corrected chi connectivity index (χ4v) is 3.92. The van der Waals surface area contributed by atoms with E-state index >= 15 is 0 Å².